The summed E-state index contributed by atoms with van der Waals surface area (Å²) in [5.74, 6) is 0.449. The molecule has 206 valence electrons. The highest BCUT2D eigenvalue weighted by atomic mass is 19.4. The highest BCUT2D eigenvalue weighted by molar-refractivity contribution is 6.10. The smallest absolute Gasteiger partial charge is 0.381 e. The molecule has 10 heteroatoms. The predicted molar refractivity (Wildman–Crippen MR) is 139 cm³/mol. The van der Waals surface area contributed by atoms with E-state index >= 15 is 0 Å². The first-order chi connectivity index (χ1) is 18.5. The van der Waals surface area contributed by atoms with Crippen LogP contribution in [-0.2, 0) is 24.5 Å². The molecule has 1 N–H and O–H groups in total. The molecule has 6 rings (SSSR count). The van der Waals surface area contributed by atoms with Gasteiger partial charge in [0.1, 0.15) is 12.2 Å². The van der Waals surface area contributed by atoms with Crippen molar-refractivity contribution in [3.05, 3.63) is 76.4 Å². The first-order valence-electron chi connectivity index (χ1n) is 13.4. The number of hydrogen-bond donors (Lipinski definition) is 1. The minimum Gasteiger partial charge on any atom is -0.381 e. The number of ether oxygens (including phenoxy) is 1. The van der Waals surface area contributed by atoms with E-state index in [4.69, 9.17) is 4.74 Å². The highest BCUT2D eigenvalue weighted by Crippen LogP contribution is 2.42. The largest absolute Gasteiger partial charge is 0.416 e. The van der Waals surface area contributed by atoms with Crippen molar-refractivity contribution in [2.24, 2.45) is 13.0 Å². The number of fused-ring (bicyclic) bond motifs is 1. The molecule has 1 amide bonds. The Hall–Kier alpha value is -3.24. The lowest BCUT2D eigenvalue weighted by Crippen LogP contribution is -2.49. The number of alkyl halides is 3. The molecule has 2 aromatic carbocycles. The van der Waals surface area contributed by atoms with Crippen molar-refractivity contribution in [2.75, 3.05) is 18.1 Å². The van der Waals surface area contributed by atoms with Gasteiger partial charge in [-0.2, -0.15) is 13.2 Å². The molecule has 1 saturated heterocycles. The third-order valence-corrected chi connectivity index (χ3v) is 8.59. The first kappa shape index (κ1) is 26.0. The fraction of sp³-hybridized carbons (Fsp3) is 0.483. The second-order valence-electron chi connectivity index (χ2n) is 11.4. The fourth-order valence-electron chi connectivity index (χ4n) is 6.14. The maximum absolute atomic E-state index is 14.3. The number of halogens is 3. The first-order valence-corrected chi connectivity index (χ1v) is 13.4. The number of nitrogens with one attached hydrogen (secondary N) is 1. The minimum atomic E-state index is -4.57. The monoisotopic (exact) mass is 539 g/mol. The highest BCUT2D eigenvalue weighted by Gasteiger charge is 2.42. The van der Waals surface area contributed by atoms with Crippen LogP contribution < -0.4 is 10.2 Å². The van der Waals surface area contributed by atoms with Crippen molar-refractivity contribution in [1.82, 2.24) is 20.1 Å². The lowest BCUT2D eigenvalue weighted by molar-refractivity contribution is -0.138. The van der Waals surface area contributed by atoms with Crippen LogP contribution in [0.3, 0.4) is 0 Å². The maximum Gasteiger partial charge on any atom is 0.416 e. The lowest BCUT2D eigenvalue weighted by Gasteiger charge is -2.42. The van der Waals surface area contributed by atoms with E-state index in [9.17, 15) is 18.0 Å². The normalized spacial score (nSPS) is 20.4. The SMILES string of the molecule is C[C@@H](NC1(C)CCC1)c1cc2c(c(C(F)(F)F)c1)CN(c1cccc([C@@H](c3nncn3C)C3COC3)c1)C2=O. The summed E-state index contributed by atoms with van der Waals surface area (Å²) in [5, 5.41) is 11.8. The van der Waals surface area contributed by atoms with E-state index in [2.05, 4.69) is 22.4 Å². The van der Waals surface area contributed by atoms with Crippen molar-refractivity contribution in [3.8, 4) is 0 Å². The summed E-state index contributed by atoms with van der Waals surface area (Å²) >= 11 is 0. The second kappa shape index (κ2) is 9.45. The topological polar surface area (TPSA) is 72.3 Å². The van der Waals surface area contributed by atoms with E-state index < -0.39 is 17.6 Å². The zero-order chi connectivity index (χ0) is 27.5. The number of carbonyl (C=O) groups is 1. The van der Waals surface area contributed by atoms with Gasteiger partial charge < -0.3 is 19.5 Å². The Morgan fingerprint density at radius 3 is 2.51 bits per heavy atom. The standard InChI is InChI=1S/C29H32F3N5O2/c1-17(34-28(2)8-5-9-28)19-11-22-23(24(12-19)29(30,31)32)13-37(27(22)38)21-7-4-6-18(10-21)25(20-14-39-15-20)26-35-33-16-36(26)3/h4,6-7,10-12,16-17,20,25,34H,5,8-9,13-15H2,1-3H3/t17-,25-/m1/s1. The average Bonchev–Trinajstić information content (AvgIpc) is 3.41. The molecule has 2 aliphatic heterocycles. The molecule has 7 nitrogen and oxygen atoms in total. The van der Waals surface area contributed by atoms with Crippen molar-refractivity contribution in [3.63, 3.8) is 0 Å². The number of hydrogen-bond acceptors (Lipinski definition) is 5. The van der Waals surface area contributed by atoms with E-state index in [1.54, 1.807) is 18.5 Å². The van der Waals surface area contributed by atoms with Crippen molar-refractivity contribution >= 4 is 11.6 Å². The number of rotatable bonds is 7. The number of nitrogens with zero attached hydrogens (tertiary/aromatic N) is 4. The zero-order valence-corrected chi connectivity index (χ0v) is 22.3. The van der Waals surface area contributed by atoms with Crippen molar-refractivity contribution < 1.29 is 22.7 Å². The van der Waals surface area contributed by atoms with Crippen LogP contribution >= 0.6 is 0 Å². The molecule has 39 heavy (non-hydrogen) atoms. The predicted octanol–water partition coefficient (Wildman–Crippen LogP) is 5.37. The minimum absolute atomic E-state index is 0.0287. The van der Waals surface area contributed by atoms with Crippen LogP contribution in [0.25, 0.3) is 0 Å². The molecule has 0 spiro atoms. The molecule has 1 aliphatic carbocycles. The average molecular weight is 540 g/mol. The Bertz CT molecular complexity index is 1410. The van der Waals surface area contributed by atoms with Crippen LogP contribution in [0, 0.1) is 5.92 Å². The van der Waals surface area contributed by atoms with Crippen LogP contribution in [-0.4, -0.2) is 39.4 Å². The third kappa shape index (κ3) is 4.63. The molecule has 2 fully saturated rings. The quantitative estimate of drug-likeness (QED) is 0.437. The lowest BCUT2D eigenvalue weighted by atomic mass is 9.77. The summed E-state index contributed by atoms with van der Waals surface area (Å²) in [5.41, 5.74) is 1.28. The van der Waals surface area contributed by atoms with Crippen molar-refractivity contribution in [2.45, 2.75) is 63.3 Å². The molecule has 2 atom stereocenters. The number of aryl methyl sites for hydroxylation is 1. The van der Waals surface area contributed by atoms with Crippen LogP contribution in [0.2, 0.25) is 0 Å². The summed E-state index contributed by atoms with van der Waals surface area (Å²) in [7, 11) is 1.88. The summed E-state index contributed by atoms with van der Waals surface area (Å²) < 4.78 is 50.2. The van der Waals surface area contributed by atoms with Gasteiger partial charge in [0.15, 0.2) is 0 Å². The summed E-state index contributed by atoms with van der Waals surface area (Å²) in [6.45, 7) is 4.99. The van der Waals surface area contributed by atoms with E-state index in [-0.39, 0.29) is 41.1 Å². The summed E-state index contributed by atoms with van der Waals surface area (Å²) in [6.07, 6.45) is 0.147. The zero-order valence-electron chi connectivity index (χ0n) is 22.3. The molecule has 0 unspecified atom stereocenters. The Morgan fingerprint density at radius 1 is 1.15 bits per heavy atom. The van der Waals surface area contributed by atoms with Crippen LogP contribution in [0.15, 0.2) is 42.7 Å². The van der Waals surface area contributed by atoms with Crippen LogP contribution in [0.1, 0.15) is 83.5 Å². The Morgan fingerprint density at radius 2 is 1.92 bits per heavy atom. The molecule has 0 bridgehead atoms. The molecule has 1 saturated carbocycles. The molecule has 0 radical (unpaired) electrons. The van der Waals surface area contributed by atoms with Gasteiger partial charge in [0, 0.05) is 35.8 Å². The van der Waals surface area contributed by atoms with E-state index in [1.165, 1.54) is 11.0 Å². The van der Waals surface area contributed by atoms with Crippen LogP contribution in [0.5, 0.6) is 0 Å². The fourth-order valence-corrected chi connectivity index (χ4v) is 6.14. The van der Waals surface area contributed by atoms with E-state index in [0.29, 0.717) is 24.5 Å². The number of amides is 1. The van der Waals surface area contributed by atoms with Gasteiger partial charge in [0.05, 0.1) is 31.2 Å². The molecule has 3 aromatic rings. The second-order valence-corrected chi connectivity index (χ2v) is 11.4. The molecular formula is C29H32F3N5O2. The van der Waals surface area contributed by atoms with Gasteiger partial charge in [0.2, 0.25) is 0 Å². The van der Waals surface area contributed by atoms with Gasteiger partial charge in [0.25, 0.3) is 5.91 Å². The van der Waals surface area contributed by atoms with Gasteiger partial charge in [-0.25, -0.2) is 0 Å². The Kier molecular flexibility index (Phi) is 6.30. The summed E-state index contributed by atoms with van der Waals surface area (Å²) in [4.78, 5) is 15.1. The number of aromatic nitrogens is 3. The number of anilines is 1. The van der Waals surface area contributed by atoms with E-state index in [1.807, 2.05) is 36.7 Å². The van der Waals surface area contributed by atoms with Crippen molar-refractivity contribution in [1.29, 1.82) is 0 Å². The van der Waals surface area contributed by atoms with Gasteiger partial charge in [-0.05, 0) is 74.1 Å². The molecule has 3 heterocycles. The van der Waals surface area contributed by atoms with E-state index in [0.717, 1.165) is 30.7 Å². The summed E-state index contributed by atoms with van der Waals surface area (Å²) in [6, 6.07) is 10.00. The molecule has 3 aliphatic rings. The van der Waals surface area contributed by atoms with Gasteiger partial charge in [-0.15, -0.1) is 10.2 Å². The molecular weight excluding hydrogens is 507 g/mol. The molecule has 1 aromatic heterocycles. The number of benzene rings is 2. The van der Waals surface area contributed by atoms with Gasteiger partial charge in [-0.1, -0.05) is 12.1 Å². The van der Waals surface area contributed by atoms with Gasteiger partial charge >= 0.3 is 6.18 Å². The van der Waals surface area contributed by atoms with Gasteiger partial charge in [-0.3, -0.25) is 4.79 Å². The Labute approximate surface area is 225 Å². The Balaban J connectivity index is 1.35. The third-order valence-electron chi connectivity index (χ3n) is 8.59. The van der Waals surface area contributed by atoms with Crippen LogP contribution in [0.4, 0.5) is 18.9 Å². The number of carbonyl (C=O) groups excluding carboxylic acids is 1. The maximum atomic E-state index is 14.3.